The number of hydrogen-bond acceptors (Lipinski definition) is 5. The van der Waals surface area contributed by atoms with Crippen LogP contribution in [-0.4, -0.2) is 55.0 Å². The van der Waals surface area contributed by atoms with Crippen LogP contribution < -0.4 is 9.80 Å². The van der Waals surface area contributed by atoms with Crippen molar-refractivity contribution in [3.05, 3.63) is 63.8 Å². The Kier molecular flexibility index (Phi) is 5.25. The van der Waals surface area contributed by atoms with Crippen molar-refractivity contribution in [3.63, 3.8) is 0 Å². The molecule has 2 aliphatic rings. The molecule has 29 heavy (non-hydrogen) atoms. The normalized spacial score (nSPS) is 18.2. The maximum atomic E-state index is 13.0. The van der Waals surface area contributed by atoms with Crippen LogP contribution in [0.25, 0.3) is 5.57 Å². The third kappa shape index (κ3) is 3.59. The Morgan fingerprint density at radius 3 is 2.10 bits per heavy atom. The molecule has 0 radical (unpaired) electrons. The molecule has 8 heteroatoms. The Hall–Kier alpha value is -2.54. The highest BCUT2D eigenvalue weighted by Gasteiger charge is 2.41. The molecule has 0 atom stereocenters. The summed E-state index contributed by atoms with van der Waals surface area (Å²) in [5, 5.41) is 10.9. The number of anilines is 2. The summed E-state index contributed by atoms with van der Waals surface area (Å²) in [7, 11) is 2.09. The quantitative estimate of drug-likeness (QED) is 0.752. The van der Waals surface area contributed by atoms with Crippen LogP contribution in [0.15, 0.2) is 48.2 Å². The lowest BCUT2D eigenvalue weighted by molar-refractivity contribution is -0.121. The molecule has 0 saturated carbocycles. The van der Waals surface area contributed by atoms with Gasteiger partial charge in [-0.2, -0.15) is 0 Å². The molecule has 2 aromatic rings. The van der Waals surface area contributed by atoms with Crippen LogP contribution in [0.1, 0.15) is 5.56 Å². The zero-order valence-corrected chi connectivity index (χ0v) is 17.2. The summed E-state index contributed by atoms with van der Waals surface area (Å²) in [4.78, 5) is 31.1. The number of hydrogen-bond donors (Lipinski definition) is 1. The highest BCUT2D eigenvalue weighted by atomic mass is 35.5. The average molecular weight is 432 g/mol. The number of piperazine rings is 1. The van der Waals surface area contributed by atoms with Crippen molar-refractivity contribution in [2.45, 2.75) is 0 Å². The number of carbonyl (C=O) groups excluding carboxylic acids is 2. The van der Waals surface area contributed by atoms with E-state index < -0.39 is 17.6 Å². The van der Waals surface area contributed by atoms with Crippen molar-refractivity contribution in [2.75, 3.05) is 43.0 Å². The Labute approximate surface area is 178 Å². The summed E-state index contributed by atoms with van der Waals surface area (Å²) >= 11 is 12.1. The van der Waals surface area contributed by atoms with E-state index in [-0.39, 0.29) is 16.2 Å². The molecule has 1 saturated heterocycles. The van der Waals surface area contributed by atoms with Crippen molar-refractivity contribution < 1.29 is 14.7 Å². The number of rotatable bonds is 3. The van der Waals surface area contributed by atoms with E-state index in [1.807, 2.05) is 12.1 Å². The molecular weight excluding hydrogens is 413 g/mol. The minimum atomic E-state index is -0.775. The number of aliphatic hydroxyl groups excluding tert-OH is 1. The minimum Gasteiger partial charge on any atom is -0.502 e. The monoisotopic (exact) mass is 431 g/mol. The molecule has 4 rings (SSSR count). The summed E-state index contributed by atoms with van der Waals surface area (Å²) < 4.78 is 0. The first-order valence-corrected chi connectivity index (χ1v) is 9.93. The first kappa shape index (κ1) is 19.8. The van der Waals surface area contributed by atoms with E-state index in [9.17, 15) is 14.7 Å². The molecule has 0 aliphatic carbocycles. The van der Waals surface area contributed by atoms with E-state index in [0.717, 1.165) is 36.8 Å². The first-order chi connectivity index (χ1) is 13.9. The van der Waals surface area contributed by atoms with Gasteiger partial charge in [0.05, 0.1) is 16.3 Å². The molecule has 0 aromatic heterocycles. The second-order valence-electron chi connectivity index (χ2n) is 7.10. The van der Waals surface area contributed by atoms with Crippen LogP contribution in [-0.2, 0) is 9.59 Å². The van der Waals surface area contributed by atoms with Crippen molar-refractivity contribution in [1.29, 1.82) is 0 Å². The van der Waals surface area contributed by atoms with Crippen molar-refractivity contribution in [2.24, 2.45) is 0 Å². The summed E-state index contributed by atoms with van der Waals surface area (Å²) in [6.45, 7) is 3.79. The summed E-state index contributed by atoms with van der Waals surface area (Å²) in [6, 6.07) is 11.7. The number of imide groups is 1. The zero-order chi connectivity index (χ0) is 20.7. The predicted molar refractivity (Wildman–Crippen MR) is 115 cm³/mol. The third-order valence-electron chi connectivity index (χ3n) is 5.24. The van der Waals surface area contributed by atoms with Gasteiger partial charge < -0.3 is 14.9 Å². The molecule has 0 spiro atoms. The van der Waals surface area contributed by atoms with Crippen LogP contribution in [0.4, 0.5) is 11.4 Å². The van der Waals surface area contributed by atoms with E-state index in [4.69, 9.17) is 23.2 Å². The molecule has 6 nitrogen and oxygen atoms in total. The van der Waals surface area contributed by atoms with Gasteiger partial charge in [-0.05, 0) is 43.4 Å². The Morgan fingerprint density at radius 1 is 0.862 bits per heavy atom. The lowest BCUT2D eigenvalue weighted by Gasteiger charge is -2.34. The molecule has 1 N–H and O–H groups in total. The zero-order valence-electron chi connectivity index (χ0n) is 15.7. The number of halogens is 2. The van der Waals surface area contributed by atoms with E-state index >= 15 is 0 Å². The molecule has 2 aromatic carbocycles. The first-order valence-electron chi connectivity index (χ1n) is 9.18. The van der Waals surface area contributed by atoms with Crippen molar-refractivity contribution >= 4 is 52.0 Å². The van der Waals surface area contributed by atoms with Gasteiger partial charge in [0.1, 0.15) is 0 Å². The summed E-state index contributed by atoms with van der Waals surface area (Å²) in [6.07, 6.45) is 0. The highest BCUT2D eigenvalue weighted by Crippen LogP contribution is 2.36. The van der Waals surface area contributed by atoms with Crippen LogP contribution in [0.2, 0.25) is 10.0 Å². The summed E-state index contributed by atoms with van der Waals surface area (Å²) in [5.41, 5.74) is 1.56. The lowest BCUT2D eigenvalue weighted by Crippen LogP contribution is -2.44. The SMILES string of the molecule is CN1CCN(c2ccc(N3C(=O)C(O)=C(c4ccc(Cl)cc4Cl)C3=O)cc2)CC1. The third-order valence-corrected chi connectivity index (χ3v) is 5.78. The Balaban J connectivity index is 1.60. The molecule has 2 heterocycles. The topological polar surface area (TPSA) is 64.1 Å². The fourth-order valence-electron chi connectivity index (χ4n) is 3.56. The lowest BCUT2D eigenvalue weighted by atomic mass is 10.1. The van der Waals surface area contributed by atoms with Crippen LogP contribution in [0.3, 0.4) is 0 Å². The molecule has 1 fully saturated rings. The fraction of sp³-hybridized carbons (Fsp3) is 0.238. The number of nitrogens with zero attached hydrogens (tertiary/aromatic N) is 3. The van der Waals surface area contributed by atoms with Crippen LogP contribution in [0.5, 0.6) is 0 Å². The number of likely N-dealkylation sites (N-methyl/N-ethyl adjacent to an activating group) is 1. The smallest absolute Gasteiger partial charge is 0.301 e. The maximum absolute atomic E-state index is 13.0. The van der Waals surface area contributed by atoms with Gasteiger partial charge in [0.2, 0.25) is 0 Å². The minimum absolute atomic E-state index is 0.125. The number of aliphatic hydroxyl groups is 1. The molecule has 0 bridgehead atoms. The van der Waals surface area contributed by atoms with Crippen LogP contribution in [0, 0.1) is 0 Å². The van der Waals surface area contributed by atoms with Gasteiger partial charge in [-0.3, -0.25) is 9.59 Å². The average Bonchev–Trinajstić information content (AvgIpc) is 2.92. The molecule has 150 valence electrons. The molecular formula is C21H19Cl2N3O3. The molecule has 2 amide bonds. The van der Waals surface area contributed by atoms with E-state index in [1.165, 1.54) is 12.1 Å². The standard InChI is InChI=1S/C21H19Cl2N3O3/c1-24-8-10-25(11-9-24)14-3-5-15(6-4-14)26-20(28)18(19(27)21(26)29)16-7-2-13(22)12-17(16)23/h2-7,12,27H,8-11H2,1H3. The highest BCUT2D eigenvalue weighted by molar-refractivity contribution is 6.47. The van der Waals surface area contributed by atoms with Gasteiger partial charge in [-0.25, -0.2) is 4.90 Å². The number of benzene rings is 2. The van der Waals surface area contributed by atoms with Gasteiger partial charge >= 0.3 is 5.91 Å². The van der Waals surface area contributed by atoms with Crippen molar-refractivity contribution in [3.8, 4) is 0 Å². The van der Waals surface area contributed by atoms with E-state index in [2.05, 4.69) is 16.8 Å². The van der Waals surface area contributed by atoms with E-state index in [1.54, 1.807) is 18.2 Å². The maximum Gasteiger partial charge on any atom is 0.301 e. The Morgan fingerprint density at radius 2 is 1.48 bits per heavy atom. The summed E-state index contributed by atoms with van der Waals surface area (Å²) in [5.74, 6) is -2.02. The van der Waals surface area contributed by atoms with Gasteiger partial charge in [-0.15, -0.1) is 0 Å². The number of amides is 2. The largest absolute Gasteiger partial charge is 0.502 e. The Bertz CT molecular complexity index is 1010. The van der Waals surface area contributed by atoms with Crippen molar-refractivity contribution in [1.82, 2.24) is 4.90 Å². The molecule has 0 unspecified atom stereocenters. The second kappa shape index (κ2) is 7.71. The van der Waals surface area contributed by atoms with E-state index in [0.29, 0.717) is 10.7 Å². The predicted octanol–water partition coefficient (Wildman–Crippen LogP) is 3.59. The fourth-order valence-corrected chi connectivity index (χ4v) is 4.07. The van der Waals surface area contributed by atoms with Gasteiger partial charge in [-0.1, -0.05) is 29.3 Å². The van der Waals surface area contributed by atoms with Gasteiger partial charge in [0.15, 0.2) is 5.76 Å². The van der Waals surface area contributed by atoms with Gasteiger partial charge in [0, 0.05) is 42.5 Å². The number of carbonyl (C=O) groups is 2. The molecule has 2 aliphatic heterocycles. The second-order valence-corrected chi connectivity index (χ2v) is 7.94. The van der Waals surface area contributed by atoms with Crippen LogP contribution >= 0.6 is 23.2 Å². The van der Waals surface area contributed by atoms with Gasteiger partial charge in [0.25, 0.3) is 5.91 Å².